The number of nitrogens with one attached hydrogen (secondary N) is 2. The molecule has 22 heavy (non-hydrogen) atoms. The molecule has 3 N–H and O–H groups in total. The van der Waals surface area contributed by atoms with Crippen molar-refractivity contribution in [3.8, 4) is 5.75 Å². The average molecular weight is 298 g/mol. The SMILES string of the molecule is Cc1ccc(CC(=O)NNC(=O)c2ccccc2O)cc1C. The molecule has 114 valence electrons. The highest BCUT2D eigenvalue weighted by Gasteiger charge is 2.11. The van der Waals surface area contributed by atoms with E-state index in [1.165, 1.54) is 12.1 Å². The van der Waals surface area contributed by atoms with E-state index >= 15 is 0 Å². The zero-order valence-electron chi connectivity index (χ0n) is 12.5. The number of hydrogen-bond donors (Lipinski definition) is 3. The molecule has 0 radical (unpaired) electrons. The lowest BCUT2D eigenvalue weighted by Gasteiger charge is -2.09. The largest absolute Gasteiger partial charge is 0.507 e. The normalized spacial score (nSPS) is 10.1. The number of phenols is 1. The maximum Gasteiger partial charge on any atom is 0.273 e. The number of para-hydroxylation sites is 1. The van der Waals surface area contributed by atoms with E-state index in [2.05, 4.69) is 10.9 Å². The van der Waals surface area contributed by atoms with Crippen LogP contribution in [0.2, 0.25) is 0 Å². The summed E-state index contributed by atoms with van der Waals surface area (Å²) in [4.78, 5) is 23.7. The Morgan fingerprint density at radius 1 is 1.00 bits per heavy atom. The molecular formula is C17H18N2O3. The summed E-state index contributed by atoms with van der Waals surface area (Å²) in [7, 11) is 0. The Morgan fingerprint density at radius 2 is 1.73 bits per heavy atom. The summed E-state index contributed by atoms with van der Waals surface area (Å²) in [5.41, 5.74) is 7.88. The number of amides is 2. The van der Waals surface area contributed by atoms with E-state index in [1.54, 1.807) is 12.1 Å². The second-order valence-electron chi connectivity index (χ2n) is 5.11. The predicted octanol–water partition coefficient (Wildman–Crippen LogP) is 2.01. The molecule has 0 aliphatic heterocycles. The van der Waals surface area contributed by atoms with Crippen molar-refractivity contribution in [3.63, 3.8) is 0 Å². The molecule has 0 spiro atoms. The van der Waals surface area contributed by atoms with Crippen molar-refractivity contribution in [2.24, 2.45) is 0 Å². The van der Waals surface area contributed by atoms with E-state index in [0.29, 0.717) is 0 Å². The van der Waals surface area contributed by atoms with Crippen molar-refractivity contribution in [2.75, 3.05) is 0 Å². The molecule has 0 saturated carbocycles. The zero-order chi connectivity index (χ0) is 16.1. The van der Waals surface area contributed by atoms with Gasteiger partial charge in [0, 0.05) is 0 Å². The quantitative estimate of drug-likeness (QED) is 0.759. The first kappa shape index (κ1) is 15.6. The number of hydrazine groups is 1. The van der Waals surface area contributed by atoms with Gasteiger partial charge in [0.25, 0.3) is 5.91 Å². The van der Waals surface area contributed by atoms with Crippen molar-refractivity contribution in [3.05, 3.63) is 64.7 Å². The van der Waals surface area contributed by atoms with E-state index in [1.807, 2.05) is 32.0 Å². The van der Waals surface area contributed by atoms with Crippen LogP contribution < -0.4 is 10.9 Å². The van der Waals surface area contributed by atoms with Crippen LogP contribution in [0.25, 0.3) is 0 Å². The van der Waals surface area contributed by atoms with Crippen molar-refractivity contribution in [1.29, 1.82) is 0 Å². The maximum atomic E-state index is 11.8. The van der Waals surface area contributed by atoms with Gasteiger partial charge in [-0.1, -0.05) is 30.3 Å². The summed E-state index contributed by atoms with van der Waals surface area (Å²) >= 11 is 0. The predicted molar refractivity (Wildman–Crippen MR) is 83.3 cm³/mol. The van der Waals surface area contributed by atoms with Crippen LogP contribution >= 0.6 is 0 Å². The average Bonchev–Trinajstić information content (AvgIpc) is 2.49. The summed E-state index contributed by atoms with van der Waals surface area (Å²) < 4.78 is 0. The zero-order valence-corrected chi connectivity index (χ0v) is 12.5. The van der Waals surface area contributed by atoms with Crippen molar-refractivity contribution < 1.29 is 14.7 Å². The van der Waals surface area contributed by atoms with Gasteiger partial charge < -0.3 is 5.11 Å². The van der Waals surface area contributed by atoms with Gasteiger partial charge in [0.15, 0.2) is 0 Å². The number of aryl methyl sites for hydroxylation is 2. The highest BCUT2D eigenvalue weighted by atomic mass is 16.3. The number of hydrogen-bond acceptors (Lipinski definition) is 3. The minimum atomic E-state index is -0.563. The molecule has 0 atom stereocenters. The molecule has 0 bridgehead atoms. The summed E-state index contributed by atoms with van der Waals surface area (Å²) in [6, 6.07) is 11.9. The van der Waals surface area contributed by atoms with Gasteiger partial charge in [-0.15, -0.1) is 0 Å². The molecule has 0 saturated heterocycles. The standard InChI is InChI=1S/C17H18N2O3/c1-11-7-8-13(9-12(11)2)10-16(21)18-19-17(22)14-5-3-4-6-15(14)20/h3-9,20H,10H2,1-2H3,(H,18,21)(H,19,22). The van der Waals surface area contributed by atoms with Crippen LogP contribution in [0.5, 0.6) is 5.75 Å². The molecule has 0 heterocycles. The van der Waals surface area contributed by atoms with Crippen LogP contribution in [0.1, 0.15) is 27.0 Å². The molecule has 2 aromatic rings. The Hall–Kier alpha value is -2.82. The molecule has 2 aromatic carbocycles. The first-order valence-corrected chi connectivity index (χ1v) is 6.90. The van der Waals surface area contributed by atoms with E-state index in [4.69, 9.17) is 0 Å². The number of rotatable bonds is 3. The molecule has 0 aliphatic carbocycles. The maximum absolute atomic E-state index is 11.8. The number of carbonyl (C=O) groups excluding carboxylic acids is 2. The summed E-state index contributed by atoms with van der Waals surface area (Å²) in [5.74, 6) is -1.03. The Bertz CT molecular complexity index is 711. The van der Waals surface area contributed by atoms with Crippen LogP contribution in [0.3, 0.4) is 0 Å². The number of aromatic hydroxyl groups is 1. The summed E-state index contributed by atoms with van der Waals surface area (Å²) in [5, 5.41) is 9.56. The molecule has 2 amide bonds. The minimum absolute atomic E-state index is 0.106. The van der Waals surface area contributed by atoms with Gasteiger partial charge in [0.05, 0.1) is 12.0 Å². The molecule has 5 heteroatoms. The van der Waals surface area contributed by atoms with Gasteiger partial charge in [-0.2, -0.15) is 0 Å². The summed E-state index contributed by atoms with van der Waals surface area (Å²) in [6.07, 6.45) is 0.169. The first-order chi connectivity index (χ1) is 10.5. The van der Waals surface area contributed by atoms with E-state index in [9.17, 15) is 14.7 Å². The van der Waals surface area contributed by atoms with Gasteiger partial charge >= 0.3 is 0 Å². The molecule has 0 unspecified atom stereocenters. The highest BCUT2D eigenvalue weighted by molar-refractivity contribution is 5.97. The lowest BCUT2D eigenvalue weighted by atomic mass is 10.0. The molecule has 5 nitrogen and oxygen atoms in total. The van der Waals surface area contributed by atoms with Crippen LogP contribution in [-0.4, -0.2) is 16.9 Å². The minimum Gasteiger partial charge on any atom is -0.507 e. The highest BCUT2D eigenvalue weighted by Crippen LogP contribution is 2.14. The van der Waals surface area contributed by atoms with Crippen LogP contribution in [0.4, 0.5) is 0 Å². The van der Waals surface area contributed by atoms with E-state index in [-0.39, 0.29) is 23.6 Å². The van der Waals surface area contributed by atoms with Gasteiger partial charge in [0.2, 0.25) is 5.91 Å². The van der Waals surface area contributed by atoms with Gasteiger partial charge in [0.1, 0.15) is 5.75 Å². The van der Waals surface area contributed by atoms with Gasteiger partial charge in [-0.25, -0.2) is 0 Å². The van der Waals surface area contributed by atoms with E-state index < -0.39 is 5.91 Å². The van der Waals surface area contributed by atoms with E-state index in [0.717, 1.165) is 16.7 Å². The smallest absolute Gasteiger partial charge is 0.273 e. The fourth-order valence-electron chi connectivity index (χ4n) is 2.00. The second kappa shape index (κ2) is 6.76. The van der Waals surface area contributed by atoms with Crippen LogP contribution in [0.15, 0.2) is 42.5 Å². The fourth-order valence-corrected chi connectivity index (χ4v) is 2.00. The first-order valence-electron chi connectivity index (χ1n) is 6.90. The summed E-state index contributed by atoms with van der Waals surface area (Å²) in [6.45, 7) is 3.99. The number of phenolic OH excluding ortho intramolecular Hbond substituents is 1. The molecular weight excluding hydrogens is 280 g/mol. The molecule has 0 aliphatic rings. The fraction of sp³-hybridized carbons (Fsp3) is 0.176. The van der Waals surface area contributed by atoms with Crippen LogP contribution in [0, 0.1) is 13.8 Å². The Labute approximate surface area is 129 Å². The van der Waals surface area contributed by atoms with Crippen molar-refractivity contribution >= 4 is 11.8 Å². The second-order valence-corrected chi connectivity index (χ2v) is 5.11. The molecule has 0 aromatic heterocycles. The molecule has 0 fully saturated rings. The third-order valence-corrected chi connectivity index (χ3v) is 3.40. The lowest BCUT2D eigenvalue weighted by Crippen LogP contribution is -2.42. The third kappa shape index (κ3) is 3.85. The van der Waals surface area contributed by atoms with Crippen molar-refractivity contribution in [2.45, 2.75) is 20.3 Å². The Balaban J connectivity index is 1.91. The van der Waals surface area contributed by atoms with Crippen LogP contribution in [-0.2, 0) is 11.2 Å². The number of carbonyl (C=O) groups is 2. The van der Waals surface area contributed by atoms with Gasteiger partial charge in [-0.05, 0) is 42.7 Å². The number of benzene rings is 2. The topological polar surface area (TPSA) is 78.4 Å². The van der Waals surface area contributed by atoms with Crippen molar-refractivity contribution in [1.82, 2.24) is 10.9 Å². The monoisotopic (exact) mass is 298 g/mol. The Morgan fingerprint density at radius 3 is 2.41 bits per heavy atom. The third-order valence-electron chi connectivity index (χ3n) is 3.40. The Kier molecular flexibility index (Phi) is 4.78. The lowest BCUT2D eigenvalue weighted by molar-refractivity contribution is -0.121. The van der Waals surface area contributed by atoms with Gasteiger partial charge in [-0.3, -0.25) is 20.4 Å². The molecule has 2 rings (SSSR count).